The van der Waals surface area contributed by atoms with Crippen molar-refractivity contribution < 1.29 is 14.2 Å². The third-order valence-corrected chi connectivity index (χ3v) is 4.42. The molecule has 1 heterocycles. The molecule has 0 unspecified atom stereocenters. The molecule has 1 aliphatic carbocycles. The Labute approximate surface area is 136 Å². The van der Waals surface area contributed by atoms with Crippen LogP contribution in [0.4, 0.5) is 5.69 Å². The van der Waals surface area contributed by atoms with Crippen molar-refractivity contribution in [3.8, 4) is 17.2 Å². The summed E-state index contributed by atoms with van der Waals surface area (Å²) in [5, 5.41) is 3.44. The maximum Gasteiger partial charge on any atom is 0.231 e. The van der Waals surface area contributed by atoms with Gasteiger partial charge in [-0.1, -0.05) is 18.2 Å². The number of para-hydroxylation sites is 1. The summed E-state index contributed by atoms with van der Waals surface area (Å²) in [6.45, 7) is 1.03. The van der Waals surface area contributed by atoms with Crippen LogP contribution in [-0.4, -0.2) is 12.9 Å². The highest BCUT2D eigenvalue weighted by molar-refractivity contribution is 5.56. The average molecular weight is 311 g/mol. The summed E-state index contributed by atoms with van der Waals surface area (Å²) in [7, 11) is 0. The second-order valence-corrected chi connectivity index (χ2v) is 6.05. The monoisotopic (exact) mass is 311 g/mol. The average Bonchev–Trinajstić information content (AvgIpc) is 3.25. The van der Waals surface area contributed by atoms with Gasteiger partial charge in [-0.3, -0.25) is 0 Å². The zero-order valence-corrected chi connectivity index (χ0v) is 13.1. The van der Waals surface area contributed by atoms with Crippen LogP contribution >= 0.6 is 0 Å². The number of benzene rings is 2. The number of rotatable bonds is 5. The van der Waals surface area contributed by atoms with Gasteiger partial charge >= 0.3 is 0 Å². The first-order chi connectivity index (χ1) is 11.4. The molecular weight excluding hydrogens is 290 g/mol. The fraction of sp³-hybridized carbons (Fsp3) is 0.368. The Morgan fingerprint density at radius 3 is 2.74 bits per heavy atom. The molecule has 0 atom stereocenters. The van der Waals surface area contributed by atoms with Crippen LogP contribution in [0.5, 0.6) is 17.2 Å². The molecular formula is C19H21NO3. The van der Waals surface area contributed by atoms with Crippen LogP contribution in [0.25, 0.3) is 0 Å². The van der Waals surface area contributed by atoms with Gasteiger partial charge in [-0.25, -0.2) is 0 Å². The summed E-state index contributed by atoms with van der Waals surface area (Å²) in [6, 6.07) is 14.2. The van der Waals surface area contributed by atoms with Gasteiger partial charge in [0.1, 0.15) is 5.75 Å². The third-order valence-electron chi connectivity index (χ3n) is 4.42. The second kappa shape index (κ2) is 6.41. The molecule has 1 aliphatic heterocycles. The minimum absolute atomic E-state index is 0.302. The lowest BCUT2D eigenvalue weighted by Crippen LogP contribution is -2.13. The minimum atomic E-state index is 0.302. The molecule has 0 aromatic heterocycles. The molecule has 2 aromatic carbocycles. The van der Waals surface area contributed by atoms with Crippen LogP contribution < -0.4 is 19.5 Å². The predicted octanol–water partition coefficient (Wildman–Crippen LogP) is 4.35. The molecule has 0 amide bonds. The lowest BCUT2D eigenvalue weighted by Gasteiger charge is -2.17. The Kier molecular flexibility index (Phi) is 3.97. The van der Waals surface area contributed by atoms with Gasteiger partial charge in [-0.15, -0.1) is 0 Å². The first-order valence-electron chi connectivity index (χ1n) is 8.26. The van der Waals surface area contributed by atoms with Crippen LogP contribution in [-0.2, 0) is 6.54 Å². The van der Waals surface area contributed by atoms with Crippen molar-refractivity contribution in [3.63, 3.8) is 0 Å². The van der Waals surface area contributed by atoms with E-state index in [4.69, 9.17) is 14.2 Å². The molecule has 0 bridgehead atoms. The van der Waals surface area contributed by atoms with E-state index in [0.29, 0.717) is 12.9 Å². The Hall–Kier alpha value is -2.36. The number of fused-ring (bicyclic) bond motifs is 1. The van der Waals surface area contributed by atoms with Gasteiger partial charge < -0.3 is 19.5 Å². The quantitative estimate of drug-likeness (QED) is 0.891. The largest absolute Gasteiger partial charge is 0.490 e. The lowest BCUT2D eigenvalue weighted by atomic mass is 10.2. The van der Waals surface area contributed by atoms with Crippen LogP contribution in [0.2, 0.25) is 0 Å². The Morgan fingerprint density at radius 1 is 1.00 bits per heavy atom. The molecule has 4 rings (SSSR count). The van der Waals surface area contributed by atoms with Gasteiger partial charge in [0.05, 0.1) is 6.10 Å². The highest BCUT2D eigenvalue weighted by atomic mass is 16.7. The first kappa shape index (κ1) is 14.2. The van der Waals surface area contributed by atoms with Crippen LogP contribution in [0.1, 0.15) is 31.2 Å². The molecule has 4 heteroatoms. The number of hydrogen-bond donors (Lipinski definition) is 1. The summed E-state index contributed by atoms with van der Waals surface area (Å²) in [4.78, 5) is 0. The molecule has 1 saturated carbocycles. The SMILES string of the molecule is c1ccc(OC2CCCC2)c(CNc2ccc3c(c2)OCO3)c1. The van der Waals surface area contributed by atoms with E-state index in [9.17, 15) is 0 Å². The van der Waals surface area contributed by atoms with E-state index in [1.165, 1.54) is 31.2 Å². The molecule has 0 spiro atoms. The highest BCUT2D eigenvalue weighted by Gasteiger charge is 2.18. The highest BCUT2D eigenvalue weighted by Crippen LogP contribution is 2.34. The standard InChI is InChI=1S/C19H21NO3/c1-4-8-17(23-16-6-2-3-7-16)14(5-1)12-20-15-9-10-18-19(11-15)22-13-21-18/h1,4-5,8-11,16,20H,2-3,6-7,12-13H2. The van der Waals surface area contributed by atoms with Gasteiger partial charge in [-0.2, -0.15) is 0 Å². The fourth-order valence-corrected chi connectivity index (χ4v) is 3.15. The zero-order chi connectivity index (χ0) is 15.5. The van der Waals surface area contributed by atoms with Gasteiger partial charge in [0.25, 0.3) is 0 Å². The molecule has 0 radical (unpaired) electrons. The molecule has 23 heavy (non-hydrogen) atoms. The molecule has 4 nitrogen and oxygen atoms in total. The maximum atomic E-state index is 6.18. The van der Waals surface area contributed by atoms with E-state index in [0.717, 1.165) is 29.5 Å². The van der Waals surface area contributed by atoms with Crippen molar-refractivity contribution in [2.45, 2.75) is 38.3 Å². The predicted molar refractivity (Wildman–Crippen MR) is 89.2 cm³/mol. The first-order valence-corrected chi connectivity index (χ1v) is 8.26. The summed E-state index contributed by atoms with van der Waals surface area (Å²) < 4.78 is 16.9. The molecule has 2 aromatic rings. The van der Waals surface area contributed by atoms with Crippen LogP contribution in [0.3, 0.4) is 0 Å². The number of ether oxygens (including phenoxy) is 3. The molecule has 1 fully saturated rings. The van der Waals surface area contributed by atoms with Crippen molar-refractivity contribution in [3.05, 3.63) is 48.0 Å². The van der Waals surface area contributed by atoms with Gasteiger partial charge in [0.2, 0.25) is 6.79 Å². The van der Waals surface area contributed by atoms with E-state index in [2.05, 4.69) is 23.5 Å². The van der Waals surface area contributed by atoms with Crippen molar-refractivity contribution >= 4 is 5.69 Å². The summed E-state index contributed by atoms with van der Waals surface area (Å²) in [5.74, 6) is 2.60. The summed E-state index contributed by atoms with van der Waals surface area (Å²) in [5.41, 5.74) is 2.20. The van der Waals surface area contributed by atoms with E-state index in [-0.39, 0.29) is 0 Å². The maximum absolute atomic E-state index is 6.18. The van der Waals surface area contributed by atoms with Gasteiger partial charge in [0, 0.05) is 23.9 Å². The number of nitrogens with one attached hydrogen (secondary N) is 1. The molecule has 0 saturated heterocycles. The van der Waals surface area contributed by atoms with Gasteiger partial charge in [-0.05, 0) is 43.9 Å². The number of hydrogen-bond acceptors (Lipinski definition) is 4. The molecule has 1 N–H and O–H groups in total. The Morgan fingerprint density at radius 2 is 1.83 bits per heavy atom. The minimum Gasteiger partial charge on any atom is -0.490 e. The van der Waals surface area contributed by atoms with Crippen molar-refractivity contribution in [1.82, 2.24) is 0 Å². The van der Waals surface area contributed by atoms with Crippen molar-refractivity contribution in [2.24, 2.45) is 0 Å². The fourth-order valence-electron chi connectivity index (χ4n) is 3.15. The lowest BCUT2D eigenvalue weighted by molar-refractivity contribution is 0.174. The van der Waals surface area contributed by atoms with Crippen molar-refractivity contribution in [2.75, 3.05) is 12.1 Å². The zero-order valence-electron chi connectivity index (χ0n) is 13.1. The smallest absolute Gasteiger partial charge is 0.231 e. The van der Waals surface area contributed by atoms with Crippen LogP contribution in [0.15, 0.2) is 42.5 Å². The van der Waals surface area contributed by atoms with E-state index >= 15 is 0 Å². The molecule has 2 aliphatic rings. The van der Waals surface area contributed by atoms with E-state index < -0.39 is 0 Å². The Bertz CT molecular complexity index is 680. The summed E-state index contributed by atoms with van der Waals surface area (Å²) in [6.07, 6.45) is 5.28. The topological polar surface area (TPSA) is 39.7 Å². The third kappa shape index (κ3) is 3.21. The van der Waals surface area contributed by atoms with Crippen LogP contribution in [0, 0.1) is 0 Å². The normalized spacial score (nSPS) is 16.5. The number of anilines is 1. The second-order valence-electron chi connectivity index (χ2n) is 6.05. The summed E-state index contributed by atoms with van der Waals surface area (Å²) >= 11 is 0. The van der Waals surface area contributed by atoms with E-state index in [1.54, 1.807) is 0 Å². The van der Waals surface area contributed by atoms with Crippen molar-refractivity contribution in [1.29, 1.82) is 0 Å². The Balaban J connectivity index is 1.44. The molecule has 120 valence electrons. The van der Waals surface area contributed by atoms with E-state index in [1.807, 2.05) is 24.3 Å². The van der Waals surface area contributed by atoms with Gasteiger partial charge in [0.15, 0.2) is 11.5 Å².